The number of aryl methyl sites for hydroxylation is 1. The van der Waals surface area contributed by atoms with Crippen molar-refractivity contribution in [3.63, 3.8) is 0 Å². The molecule has 156 valence electrons. The van der Waals surface area contributed by atoms with Gasteiger partial charge in [-0.3, -0.25) is 0 Å². The number of hydrogen-bond acceptors (Lipinski definition) is 7. The van der Waals surface area contributed by atoms with Crippen molar-refractivity contribution in [3.05, 3.63) is 77.1 Å². The van der Waals surface area contributed by atoms with Gasteiger partial charge in [0.25, 0.3) is 0 Å². The first kappa shape index (κ1) is 21.0. The Labute approximate surface area is 169 Å². The number of nitrogens with zero attached hydrogens (tertiary/aromatic N) is 6. The van der Waals surface area contributed by atoms with E-state index in [1.165, 1.54) is 23.9 Å². The number of oxime groups is 2. The molecule has 30 heavy (non-hydrogen) atoms. The van der Waals surface area contributed by atoms with Crippen LogP contribution in [0.2, 0.25) is 0 Å². The molecule has 0 saturated heterocycles. The van der Waals surface area contributed by atoms with Crippen LogP contribution >= 0.6 is 0 Å². The van der Waals surface area contributed by atoms with E-state index >= 15 is 0 Å². The number of benzene rings is 2. The zero-order valence-corrected chi connectivity index (χ0v) is 16.0. The van der Waals surface area contributed by atoms with Gasteiger partial charge in [0.1, 0.15) is 12.8 Å². The molecule has 8 nitrogen and oxygen atoms in total. The van der Waals surface area contributed by atoms with Crippen molar-refractivity contribution in [3.8, 4) is 0 Å². The Morgan fingerprint density at radius 2 is 1.70 bits per heavy atom. The van der Waals surface area contributed by atoms with Gasteiger partial charge in [0.15, 0.2) is 12.3 Å². The lowest BCUT2D eigenvalue weighted by Crippen LogP contribution is -2.14. The van der Waals surface area contributed by atoms with Crippen molar-refractivity contribution in [2.45, 2.75) is 6.18 Å². The van der Waals surface area contributed by atoms with Gasteiger partial charge in [-0.15, -0.1) is 5.10 Å². The summed E-state index contributed by atoms with van der Waals surface area (Å²) in [6.07, 6.45) is -4.42. The summed E-state index contributed by atoms with van der Waals surface area (Å²) < 4.78 is 39.8. The van der Waals surface area contributed by atoms with Crippen molar-refractivity contribution in [2.24, 2.45) is 17.4 Å². The summed E-state index contributed by atoms with van der Waals surface area (Å²) in [6, 6.07) is 13.6. The van der Waals surface area contributed by atoms with E-state index in [-0.39, 0.29) is 12.3 Å². The predicted molar refractivity (Wildman–Crippen MR) is 102 cm³/mol. The average molecular weight is 418 g/mol. The number of hydrogen-bond donors (Lipinski definition) is 0. The minimum atomic E-state index is -4.42. The van der Waals surface area contributed by atoms with E-state index in [0.29, 0.717) is 17.1 Å². The Morgan fingerprint density at radius 3 is 2.27 bits per heavy atom. The minimum Gasteiger partial charge on any atom is -0.399 e. The zero-order valence-electron chi connectivity index (χ0n) is 16.0. The molecule has 1 heterocycles. The highest BCUT2D eigenvalue weighted by molar-refractivity contribution is 6.10. The van der Waals surface area contributed by atoms with E-state index in [1.54, 1.807) is 7.05 Å². The summed E-state index contributed by atoms with van der Waals surface area (Å²) in [5.41, 5.74) is 1.01. The molecule has 3 aromatic rings. The second-order valence-corrected chi connectivity index (χ2v) is 6.00. The molecule has 2 aromatic carbocycles. The Morgan fingerprint density at radius 1 is 1.00 bits per heavy atom. The first-order chi connectivity index (χ1) is 14.4. The van der Waals surface area contributed by atoms with Crippen molar-refractivity contribution < 1.29 is 22.8 Å². The van der Waals surface area contributed by atoms with E-state index in [4.69, 9.17) is 9.68 Å². The molecule has 0 radical (unpaired) electrons. The molecule has 0 aliphatic carbocycles. The Balaban J connectivity index is 1.83. The lowest BCUT2D eigenvalue weighted by atomic mass is 10.1. The molecule has 0 fully saturated rings. The van der Waals surface area contributed by atoms with Crippen molar-refractivity contribution >= 4 is 11.4 Å². The number of aromatic nitrogens is 4. The van der Waals surface area contributed by atoms with Gasteiger partial charge in [-0.2, -0.15) is 13.2 Å². The van der Waals surface area contributed by atoms with Crippen LogP contribution in [-0.4, -0.2) is 45.3 Å². The van der Waals surface area contributed by atoms with Gasteiger partial charge in [-0.05, 0) is 22.6 Å². The number of alkyl halides is 3. The van der Waals surface area contributed by atoms with E-state index in [0.717, 1.165) is 17.7 Å². The fourth-order valence-corrected chi connectivity index (χ4v) is 2.53. The van der Waals surface area contributed by atoms with Gasteiger partial charge in [0.05, 0.1) is 5.56 Å². The summed E-state index contributed by atoms with van der Waals surface area (Å²) in [7, 11) is 2.99. The molecule has 0 unspecified atom stereocenters. The van der Waals surface area contributed by atoms with Crippen LogP contribution in [0, 0.1) is 0 Å². The monoisotopic (exact) mass is 418 g/mol. The molecule has 1 aromatic heterocycles. The average Bonchev–Trinajstić information content (AvgIpc) is 3.16. The maximum absolute atomic E-state index is 12.8. The zero-order chi connectivity index (χ0) is 21.6. The molecule has 0 amide bonds. The number of halogens is 3. The molecule has 0 aliphatic heterocycles. The second kappa shape index (κ2) is 9.16. The molecule has 0 aliphatic rings. The molecule has 3 rings (SSSR count). The molecule has 0 saturated carbocycles. The fraction of sp³-hybridized carbons (Fsp3) is 0.211. The van der Waals surface area contributed by atoms with E-state index in [9.17, 15) is 13.2 Å². The van der Waals surface area contributed by atoms with Gasteiger partial charge < -0.3 is 9.68 Å². The van der Waals surface area contributed by atoms with Gasteiger partial charge >= 0.3 is 6.18 Å². The Bertz CT molecular complexity index is 1030. The van der Waals surface area contributed by atoms with Crippen LogP contribution in [-0.2, 0) is 22.9 Å². The topological polar surface area (TPSA) is 86.8 Å². The minimum absolute atomic E-state index is 0.152. The molecule has 0 spiro atoms. The summed E-state index contributed by atoms with van der Waals surface area (Å²) >= 11 is 0. The van der Waals surface area contributed by atoms with Gasteiger partial charge in [-0.25, -0.2) is 4.68 Å². The SMILES string of the molecule is CO/N=C(/CON=C(c1ccccc1)c1nnnn1C)c1ccc(C(F)(F)F)cc1. The van der Waals surface area contributed by atoms with E-state index < -0.39 is 11.7 Å². The predicted octanol–water partition coefficient (Wildman–Crippen LogP) is 3.05. The summed E-state index contributed by atoms with van der Waals surface area (Å²) in [6.45, 7) is -0.152. The smallest absolute Gasteiger partial charge is 0.399 e. The standard InChI is InChI=1S/C19H17F3N6O2/c1-28-18(23-26-27-28)17(14-6-4-3-5-7-14)25-30-12-16(24-29-2)13-8-10-15(11-9-13)19(20,21)22/h3-11H,12H2,1-2H3/b24-16-,25-17?. The van der Waals surface area contributed by atoms with Gasteiger partial charge in [-0.1, -0.05) is 52.8 Å². The lowest BCUT2D eigenvalue weighted by molar-refractivity contribution is -0.137. The quantitative estimate of drug-likeness (QED) is 0.435. The number of rotatable bonds is 7. The maximum Gasteiger partial charge on any atom is 0.416 e. The molecule has 0 atom stereocenters. The highest BCUT2D eigenvalue weighted by Crippen LogP contribution is 2.29. The molecule has 0 N–H and O–H groups in total. The van der Waals surface area contributed by atoms with Crippen LogP contribution in [0.5, 0.6) is 0 Å². The molecular weight excluding hydrogens is 401 g/mol. The van der Waals surface area contributed by atoms with E-state index in [2.05, 4.69) is 25.8 Å². The third kappa shape index (κ3) is 4.99. The second-order valence-electron chi connectivity index (χ2n) is 6.00. The Kier molecular flexibility index (Phi) is 6.40. The molecule has 11 heteroatoms. The molecular formula is C19H17F3N6O2. The van der Waals surface area contributed by atoms with Crippen LogP contribution in [0.15, 0.2) is 64.9 Å². The third-order valence-electron chi connectivity index (χ3n) is 3.98. The van der Waals surface area contributed by atoms with Crippen LogP contribution in [0.1, 0.15) is 22.5 Å². The first-order valence-electron chi connectivity index (χ1n) is 8.66. The van der Waals surface area contributed by atoms with Crippen molar-refractivity contribution in [1.29, 1.82) is 0 Å². The fourth-order valence-electron chi connectivity index (χ4n) is 2.53. The Hall–Kier alpha value is -3.76. The van der Waals surface area contributed by atoms with Crippen LogP contribution in [0.25, 0.3) is 0 Å². The molecule has 0 bridgehead atoms. The maximum atomic E-state index is 12.8. The van der Waals surface area contributed by atoms with Gasteiger partial charge in [0, 0.05) is 18.2 Å². The third-order valence-corrected chi connectivity index (χ3v) is 3.98. The highest BCUT2D eigenvalue weighted by atomic mass is 19.4. The summed E-state index contributed by atoms with van der Waals surface area (Å²) in [5, 5.41) is 19.3. The largest absolute Gasteiger partial charge is 0.416 e. The van der Waals surface area contributed by atoms with Crippen molar-refractivity contribution in [2.75, 3.05) is 13.7 Å². The summed E-state index contributed by atoms with van der Waals surface area (Å²) in [4.78, 5) is 10.2. The van der Waals surface area contributed by atoms with Crippen molar-refractivity contribution in [1.82, 2.24) is 20.2 Å². The van der Waals surface area contributed by atoms with Crippen LogP contribution < -0.4 is 0 Å². The highest BCUT2D eigenvalue weighted by Gasteiger charge is 2.30. The summed E-state index contributed by atoms with van der Waals surface area (Å²) in [5.74, 6) is 0.376. The normalized spacial score (nSPS) is 12.7. The van der Waals surface area contributed by atoms with Crippen LogP contribution in [0.3, 0.4) is 0 Å². The first-order valence-corrected chi connectivity index (χ1v) is 8.66. The number of tetrazole rings is 1. The van der Waals surface area contributed by atoms with Crippen LogP contribution in [0.4, 0.5) is 13.2 Å². The van der Waals surface area contributed by atoms with Gasteiger partial charge in [0.2, 0.25) is 5.82 Å². The van der Waals surface area contributed by atoms with E-state index in [1.807, 2.05) is 30.3 Å². The lowest BCUT2D eigenvalue weighted by Gasteiger charge is -2.09.